The highest BCUT2D eigenvalue weighted by atomic mass is 16.4. The molecule has 2 rings (SSSR count). The highest BCUT2D eigenvalue weighted by molar-refractivity contribution is 5.93. The van der Waals surface area contributed by atoms with Crippen molar-refractivity contribution in [1.82, 2.24) is 9.88 Å². The van der Waals surface area contributed by atoms with Gasteiger partial charge in [-0.1, -0.05) is 0 Å². The molecular formula is C13H13N3O3. The number of hydrogen-bond acceptors (Lipinski definition) is 4. The molecule has 6 nitrogen and oxygen atoms in total. The number of pyridine rings is 1. The summed E-state index contributed by atoms with van der Waals surface area (Å²) in [5.74, 6) is -1.65. The van der Waals surface area contributed by atoms with Gasteiger partial charge in [0.25, 0.3) is 5.91 Å². The Morgan fingerprint density at radius 2 is 2.26 bits per heavy atom. The fourth-order valence-corrected chi connectivity index (χ4v) is 2.11. The van der Waals surface area contributed by atoms with Crippen molar-refractivity contribution in [3.05, 3.63) is 29.1 Å². The van der Waals surface area contributed by atoms with Crippen LogP contribution in [0.1, 0.15) is 28.2 Å². The third kappa shape index (κ3) is 2.55. The molecule has 19 heavy (non-hydrogen) atoms. The van der Waals surface area contributed by atoms with Crippen LogP contribution in [-0.4, -0.2) is 40.0 Å². The maximum atomic E-state index is 12.2. The zero-order valence-electron chi connectivity index (χ0n) is 10.5. The van der Waals surface area contributed by atoms with Crippen LogP contribution in [0, 0.1) is 24.2 Å². The summed E-state index contributed by atoms with van der Waals surface area (Å²) in [6.07, 6.45) is 0.469. The van der Waals surface area contributed by atoms with E-state index >= 15 is 0 Å². The van der Waals surface area contributed by atoms with Gasteiger partial charge in [-0.25, -0.2) is 4.98 Å². The minimum atomic E-state index is -0.876. The van der Waals surface area contributed by atoms with Crippen LogP contribution in [0.4, 0.5) is 0 Å². The quantitative estimate of drug-likeness (QED) is 0.848. The Labute approximate surface area is 110 Å². The number of nitrogens with zero attached hydrogens (tertiary/aromatic N) is 3. The lowest BCUT2D eigenvalue weighted by atomic mass is 10.1. The number of likely N-dealkylation sites (tertiary alicyclic amines) is 1. The van der Waals surface area contributed by atoms with Gasteiger partial charge in [-0.15, -0.1) is 0 Å². The number of carbonyl (C=O) groups excluding carboxylic acids is 1. The van der Waals surface area contributed by atoms with Crippen molar-refractivity contribution in [3.8, 4) is 6.07 Å². The predicted molar refractivity (Wildman–Crippen MR) is 65.3 cm³/mol. The van der Waals surface area contributed by atoms with Gasteiger partial charge in [0.15, 0.2) is 0 Å². The molecule has 1 aliphatic rings. The highest BCUT2D eigenvalue weighted by Gasteiger charge is 2.31. The van der Waals surface area contributed by atoms with Gasteiger partial charge in [-0.05, 0) is 25.5 Å². The molecule has 98 valence electrons. The first-order chi connectivity index (χ1) is 9.02. The molecule has 0 radical (unpaired) electrons. The van der Waals surface area contributed by atoms with E-state index in [1.807, 2.05) is 6.07 Å². The monoisotopic (exact) mass is 259 g/mol. The summed E-state index contributed by atoms with van der Waals surface area (Å²) >= 11 is 0. The van der Waals surface area contributed by atoms with Crippen LogP contribution in [0.15, 0.2) is 12.1 Å². The van der Waals surface area contributed by atoms with Crippen molar-refractivity contribution in [3.63, 3.8) is 0 Å². The van der Waals surface area contributed by atoms with Crippen molar-refractivity contribution in [2.24, 2.45) is 5.92 Å². The second-order valence-corrected chi connectivity index (χ2v) is 4.52. The average Bonchev–Trinajstić information content (AvgIpc) is 2.87. The number of carboxylic acid groups (broad SMARTS) is 1. The van der Waals surface area contributed by atoms with E-state index in [0.29, 0.717) is 24.2 Å². The number of hydrogen-bond donors (Lipinski definition) is 1. The summed E-state index contributed by atoms with van der Waals surface area (Å²) in [5, 5.41) is 17.7. The van der Waals surface area contributed by atoms with Crippen LogP contribution in [0.2, 0.25) is 0 Å². The third-order valence-electron chi connectivity index (χ3n) is 3.25. The number of aliphatic carboxylic acids is 1. The minimum absolute atomic E-state index is 0.217. The summed E-state index contributed by atoms with van der Waals surface area (Å²) in [6, 6.07) is 5.05. The number of carboxylic acids is 1. The zero-order chi connectivity index (χ0) is 14.0. The van der Waals surface area contributed by atoms with Crippen LogP contribution in [0.5, 0.6) is 0 Å². The summed E-state index contributed by atoms with van der Waals surface area (Å²) in [7, 11) is 0. The largest absolute Gasteiger partial charge is 0.481 e. The van der Waals surface area contributed by atoms with Gasteiger partial charge < -0.3 is 10.0 Å². The Bertz CT molecular complexity index is 577. The van der Waals surface area contributed by atoms with Gasteiger partial charge in [0, 0.05) is 13.1 Å². The van der Waals surface area contributed by atoms with Gasteiger partial charge in [0.1, 0.15) is 11.8 Å². The van der Waals surface area contributed by atoms with Crippen molar-refractivity contribution in [2.75, 3.05) is 13.1 Å². The molecule has 1 N–H and O–H groups in total. The SMILES string of the molecule is Cc1nc(C(=O)N2CCC(C(=O)O)C2)ccc1C#N. The van der Waals surface area contributed by atoms with Gasteiger partial charge in [0.05, 0.1) is 17.2 Å². The topological polar surface area (TPSA) is 94.3 Å². The number of aryl methyl sites for hydroxylation is 1. The second-order valence-electron chi connectivity index (χ2n) is 4.52. The lowest BCUT2D eigenvalue weighted by Crippen LogP contribution is -2.30. The first kappa shape index (κ1) is 13.0. The second kappa shape index (κ2) is 5.06. The summed E-state index contributed by atoms with van der Waals surface area (Å²) in [6.45, 7) is 2.31. The standard InChI is InChI=1S/C13H13N3O3/c1-8-9(6-14)2-3-11(15-8)12(17)16-5-4-10(7-16)13(18)19/h2-3,10H,4-5,7H2,1H3,(H,18,19). The maximum absolute atomic E-state index is 12.2. The molecule has 1 unspecified atom stereocenters. The number of carbonyl (C=O) groups is 2. The number of amides is 1. The molecule has 1 amide bonds. The number of aromatic nitrogens is 1. The Balaban J connectivity index is 2.15. The van der Waals surface area contributed by atoms with E-state index in [4.69, 9.17) is 10.4 Å². The molecule has 0 aliphatic carbocycles. The normalized spacial score (nSPS) is 18.1. The van der Waals surface area contributed by atoms with Crippen molar-refractivity contribution < 1.29 is 14.7 Å². The summed E-state index contributed by atoms with van der Waals surface area (Å²) in [4.78, 5) is 28.6. The minimum Gasteiger partial charge on any atom is -0.481 e. The summed E-state index contributed by atoms with van der Waals surface area (Å²) < 4.78 is 0. The van der Waals surface area contributed by atoms with E-state index in [0.717, 1.165) is 0 Å². The van der Waals surface area contributed by atoms with E-state index in [1.54, 1.807) is 13.0 Å². The molecule has 1 aliphatic heterocycles. The van der Waals surface area contributed by atoms with Crippen LogP contribution in [0.3, 0.4) is 0 Å². The van der Waals surface area contributed by atoms with Crippen LogP contribution in [0.25, 0.3) is 0 Å². The summed E-state index contributed by atoms with van der Waals surface area (Å²) in [5.41, 5.74) is 1.19. The van der Waals surface area contributed by atoms with E-state index < -0.39 is 11.9 Å². The van der Waals surface area contributed by atoms with Crippen LogP contribution >= 0.6 is 0 Å². The fourth-order valence-electron chi connectivity index (χ4n) is 2.11. The number of rotatable bonds is 2. The third-order valence-corrected chi connectivity index (χ3v) is 3.25. The first-order valence-electron chi connectivity index (χ1n) is 5.92. The average molecular weight is 259 g/mol. The molecule has 0 bridgehead atoms. The Hall–Kier alpha value is -2.42. The zero-order valence-corrected chi connectivity index (χ0v) is 10.5. The van der Waals surface area contributed by atoms with E-state index in [-0.39, 0.29) is 18.1 Å². The molecule has 0 aromatic carbocycles. The van der Waals surface area contributed by atoms with Crippen molar-refractivity contribution in [1.29, 1.82) is 5.26 Å². The van der Waals surface area contributed by atoms with E-state index in [9.17, 15) is 9.59 Å². The Morgan fingerprint density at radius 3 is 2.79 bits per heavy atom. The van der Waals surface area contributed by atoms with Crippen molar-refractivity contribution in [2.45, 2.75) is 13.3 Å². The molecule has 1 fully saturated rings. The van der Waals surface area contributed by atoms with Crippen LogP contribution < -0.4 is 0 Å². The smallest absolute Gasteiger partial charge is 0.308 e. The van der Waals surface area contributed by atoms with Crippen LogP contribution in [-0.2, 0) is 4.79 Å². The highest BCUT2D eigenvalue weighted by Crippen LogP contribution is 2.18. The van der Waals surface area contributed by atoms with Gasteiger partial charge in [-0.2, -0.15) is 5.26 Å². The predicted octanol–water partition coefficient (Wildman–Crippen LogP) is 0.808. The lowest BCUT2D eigenvalue weighted by Gasteiger charge is -2.15. The van der Waals surface area contributed by atoms with E-state index in [2.05, 4.69) is 4.98 Å². The van der Waals surface area contributed by atoms with Gasteiger partial charge in [-0.3, -0.25) is 9.59 Å². The van der Waals surface area contributed by atoms with Crippen molar-refractivity contribution >= 4 is 11.9 Å². The molecule has 1 atom stereocenters. The van der Waals surface area contributed by atoms with Gasteiger partial charge in [0.2, 0.25) is 0 Å². The fraction of sp³-hybridized carbons (Fsp3) is 0.385. The molecule has 0 spiro atoms. The number of nitriles is 1. The molecule has 1 saturated heterocycles. The molecule has 1 aromatic rings. The van der Waals surface area contributed by atoms with E-state index in [1.165, 1.54) is 11.0 Å². The first-order valence-corrected chi connectivity index (χ1v) is 5.92. The molecule has 1 aromatic heterocycles. The molecule has 6 heteroatoms. The molecule has 2 heterocycles. The molecule has 0 saturated carbocycles. The molecular weight excluding hydrogens is 246 g/mol. The maximum Gasteiger partial charge on any atom is 0.308 e. The lowest BCUT2D eigenvalue weighted by molar-refractivity contribution is -0.141. The van der Waals surface area contributed by atoms with Gasteiger partial charge >= 0.3 is 5.97 Å². The Kier molecular flexibility index (Phi) is 3.47. The Morgan fingerprint density at radius 1 is 1.53 bits per heavy atom.